The summed E-state index contributed by atoms with van der Waals surface area (Å²) in [4.78, 5) is 30.6. The molecule has 1 aliphatic carbocycles. The molecule has 156 valence electrons. The third kappa shape index (κ3) is 3.92. The SMILES string of the molecule is CC(C)c1cc(C(=O)Nc2ccccc2C(=O)NC2CC2)c2cnn(C(C)C)c2n1. The Hall–Kier alpha value is -3.22. The van der Waals surface area contributed by atoms with Gasteiger partial charge in [-0.05, 0) is 50.8 Å². The van der Waals surface area contributed by atoms with Gasteiger partial charge in [0.2, 0.25) is 0 Å². The molecule has 2 N–H and O–H groups in total. The molecule has 0 spiro atoms. The van der Waals surface area contributed by atoms with Crippen LogP contribution < -0.4 is 10.6 Å². The van der Waals surface area contributed by atoms with Gasteiger partial charge in [-0.3, -0.25) is 9.59 Å². The van der Waals surface area contributed by atoms with Crippen molar-refractivity contribution in [2.24, 2.45) is 0 Å². The summed E-state index contributed by atoms with van der Waals surface area (Å²) in [5, 5.41) is 11.1. The number of amides is 2. The Morgan fingerprint density at radius 1 is 1.07 bits per heavy atom. The number of aromatic nitrogens is 3. The van der Waals surface area contributed by atoms with Crippen LogP contribution in [0.1, 0.15) is 78.9 Å². The van der Waals surface area contributed by atoms with Crippen molar-refractivity contribution >= 4 is 28.5 Å². The molecule has 2 amide bonds. The first-order valence-corrected chi connectivity index (χ1v) is 10.4. The smallest absolute Gasteiger partial charge is 0.256 e. The molecule has 0 unspecified atom stereocenters. The van der Waals surface area contributed by atoms with E-state index in [0.29, 0.717) is 27.8 Å². The number of carbonyl (C=O) groups is 2. The lowest BCUT2D eigenvalue weighted by Gasteiger charge is -2.14. The van der Waals surface area contributed by atoms with Crippen molar-refractivity contribution in [3.8, 4) is 0 Å². The number of fused-ring (bicyclic) bond motifs is 1. The second-order valence-electron chi connectivity index (χ2n) is 8.42. The zero-order valence-electron chi connectivity index (χ0n) is 17.8. The summed E-state index contributed by atoms with van der Waals surface area (Å²) in [6.07, 6.45) is 3.70. The van der Waals surface area contributed by atoms with E-state index in [2.05, 4.69) is 15.7 Å². The van der Waals surface area contributed by atoms with E-state index in [9.17, 15) is 9.59 Å². The molecule has 1 aliphatic rings. The number of benzene rings is 1. The predicted octanol–water partition coefficient (Wildman–Crippen LogP) is 4.28. The van der Waals surface area contributed by atoms with Crippen LogP contribution in [0.2, 0.25) is 0 Å². The van der Waals surface area contributed by atoms with Crippen molar-refractivity contribution in [1.82, 2.24) is 20.1 Å². The Labute approximate surface area is 175 Å². The Kier molecular flexibility index (Phi) is 5.28. The molecule has 0 aliphatic heterocycles. The molecule has 4 rings (SSSR count). The predicted molar refractivity (Wildman–Crippen MR) is 117 cm³/mol. The van der Waals surface area contributed by atoms with Crippen LogP contribution in [-0.2, 0) is 0 Å². The van der Waals surface area contributed by atoms with Crippen LogP contribution >= 0.6 is 0 Å². The largest absolute Gasteiger partial charge is 0.349 e. The number of rotatable bonds is 6. The van der Waals surface area contributed by atoms with Crippen molar-refractivity contribution in [2.45, 2.75) is 58.5 Å². The standard InChI is InChI=1S/C23H27N5O2/c1-13(2)20-11-17(18-12-24-28(14(3)4)21(18)26-20)23(30)27-19-8-6-5-7-16(19)22(29)25-15-9-10-15/h5-8,11-15H,9-10H2,1-4H3,(H,25,29)(H,27,30). The lowest BCUT2D eigenvalue weighted by Crippen LogP contribution is -2.27. The average molecular weight is 406 g/mol. The van der Waals surface area contributed by atoms with Crippen LogP contribution in [0.25, 0.3) is 11.0 Å². The van der Waals surface area contributed by atoms with Crippen molar-refractivity contribution in [3.05, 3.63) is 53.3 Å². The van der Waals surface area contributed by atoms with E-state index in [1.54, 1.807) is 24.4 Å². The van der Waals surface area contributed by atoms with E-state index in [1.807, 2.05) is 44.5 Å². The van der Waals surface area contributed by atoms with E-state index in [0.717, 1.165) is 18.5 Å². The highest BCUT2D eigenvalue weighted by Gasteiger charge is 2.25. The maximum atomic E-state index is 13.3. The lowest BCUT2D eigenvalue weighted by atomic mass is 10.0. The highest BCUT2D eigenvalue weighted by atomic mass is 16.2. The van der Waals surface area contributed by atoms with Gasteiger partial charge in [0.05, 0.1) is 28.4 Å². The molecule has 0 radical (unpaired) electrons. The number of hydrogen-bond donors (Lipinski definition) is 2. The van der Waals surface area contributed by atoms with Gasteiger partial charge in [0.15, 0.2) is 5.65 Å². The Balaban J connectivity index is 1.71. The summed E-state index contributed by atoms with van der Waals surface area (Å²) >= 11 is 0. The fourth-order valence-corrected chi connectivity index (χ4v) is 3.37. The van der Waals surface area contributed by atoms with Gasteiger partial charge >= 0.3 is 0 Å². The maximum absolute atomic E-state index is 13.3. The van der Waals surface area contributed by atoms with Gasteiger partial charge in [0, 0.05) is 17.8 Å². The molecule has 2 heterocycles. The molecule has 1 saturated carbocycles. The number of anilines is 1. The molecule has 2 aromatic heterocycles. The Bertz CT molecular complexity index is 1110. The number of nitrogens with zero attached hydrogens (tertiary/aromatic N) is 3. The molecule has 0 bridgehead atoms. The summed E-state index contributed by atoms with van der Waals surface area (Å²) in [5.74, 6) is -0.281. The molecule has 1 aromatic carbocycles. The zero-order chi connectivity index (χ0) is 21.4. The molecule has 7 heteroatoms. The summed E-state index contributed by atoms with van der Waals surface area (Å²) in [7, 11) is 0. The molecule has 0 atom stereocenters. The van der Waals surface area contributed by atoms with Crippen LogP contribution in [0.3, 0.4) is 0 Å². The van der Waals surface area contributed by atoms with Crippen LogP contribution in [0.5, 0.6) is 0 Å². The number of carbonyl (C=O) groups excluding carboxylic acids is 2. The fraction of sp³-hybridized carbons (Fsp3) is 0.391. The minimum Gasteiger partial charge on any atom is -0.349 e. The molecule has 3 aromatic rings. The van der Waals surface area contributed by atoms with Gasteiger partial charge < -0.3 is 10.6 Å². The molecule has 1 fully saturated rings. The highest BCUT2D eigenvalue weighted by molar-refractivity contribution is 6.14. The Morgan fingerprint density at radius 3 is 2.47 bits per heavy atom. The van der Waals surface area contributed by atoms with E-state index >= 15 is 0 Å². The van der Waals surface area contributed by atoms with Gasteiger partial charge in [0.1, 0.15) is 0 Å². The topological polar surface area (TPSA) is 88.9 Å². The second kappa shape index (κ2) is 7.89. The molecule has 30 heavy (non-hydrogen) atoms. The van der Waals surface area contributed by atoms with Crippen molar-refractivity contribution in [1.29, 1.82) is 0 Å². The van der Waals surface area contributed by atoms with Crippen molar-refractivity contribution < 1.29 is 9.59 Å². The van der Waals surface area contributed by atoms with Crippen LogP contribution in [0.15, 0.2) is 36.5 Å². The van der Waals surface area contributed by atoms with Crippen LogP contribution in [-0.4, -0.2) is 32.6 Å². The summed E-state index contributed by atoms with van der Waals surface area (Å²) < 4.78 is 1.83. The second-order valence-corrected chi connectivity index (χ2v) is 8.42. The van der Waals surface area contributed by atoms with Gasteiger partial charge in [0.25, 0.3) is 11.8 Å². The number of pyridine rings is 1. The molecular weight excluding hydrogens is 378 g/mol. The third-order valence-corrected chi connectivity index (χ3v) is 5.24. The Morgan fingerprint density at radius 2 is 1.80 bits per heavy atom. The van der Waals surface area contributed by atoms with E-state index in [-0.39, 0.29) is 29.8 Å². The highest BCUT2D eigenvalue weighted by Crippen LogP contribution is 2.26. The first-order valence-electron chi connectivity index (χ1n) is 10.4. The minimum atomic E-state index is -0.278. The minimum absolute atomic E-state index is 0.125. The van der Waals surface area contributed by atoms with Crippen molar-refractivity contribution in [2.75, 3.05) is 5.32 Å². The summed E-state index contributed by atoms with van der Waals surface area (Å²) in [5.41, 5.74) is 2.99. The average Bonchev–Trinajstić information content (AvgIpc) is 3.41. The normalized spacial score (nSPS) is 13.8. The first kappa shape index (κ1) is 20.1. The molecule has 0 saturated heterocycles. The third-order valence-electron chi connectivity index (χ3n) is 5.24. The summed E-state index contributed by atoms with van der Waals surface area (Å²) in [6, 6.07) is 9.27. The fourth-order valence-electron chi connectivity index (χ4n) is 3.37. The van der Waals surface area contributed by atoms with Crippen LogP contribution in [0, 0.1) is 0 Å². The number of nitrogens with one attached hydrogen (secondary N) is 2. The van der Waals surface area contributed by atoms with Crippen molar-refractivity contribution in [3.63, 3.8) is 0 Å². The molecular formula is C23H27N5O2. The zero-order valence-corrected chi connectivity index (χ0v) is 17.8. The van der Waals surface area contributed by atoms with Gasteiger partial charge in [-0.1, -0.05) is 26.0 Å². The number of hydrogen-bond acceptors (Lipinski definition) is 4. The van der Waals surface area contributed by atoms with Gasteiger partial charge in [-0.2, -0.15) is 5.10 Å². The van der Waals surface area contributed by atoms with E-state index < -0.39 is 0 Å². The first-order chi connectivity index (χ1) is 14.3. The monoisotopic (exact) mass is 405 g/mol. The van der Waals surface area contributed by atoms with Gasteiger partial charge in [-0.15, -0.1) is 0 Å². The number of para-hydroxylation sites is 1. The molecule has 7 nitrogen and oxygen atoms in total. The van der Waals surface area contributed by atoms with Gasteiger partial charge in [-0.25, -0.2) is 9.67 Å². The quantitative estimate of drug-likeness (QED) is 0.641. The summed E-state index contributed by atoms with van der Waals surface area (Å²) in [6.45, 7) is 8.15. The van der Waals surface area contributed by atoms with Crippen LogP contribution in [0.4, 0.5) is 5.69 Å². The van der Waals surface area contributed by atoms with E-state index in [1.165, 1.54) is 0 Å². The maximum Gasteiger partial charge on any atom is 0.256 e. The lowest BCUT2D eigenvalue weighted by molar-refractivity contribution is 0.0952. The van der Waals surface area contributed by atoms with E-state index in [4.69, 9.17) is 4.98 Å².